The first kappa shape index (κ1) is 15.5. The Morgan fingerprint density at radius 2 is 1.73 bits per heavy atom. The van der Waals surface area contributed by atoms with Crippen molar-refractivity contribution >= 4 is 11.6 Å². The van der Waals surface area contributed by atoms with Crippen LogP contribution in [0.5, 0.6) is 0 Å². The average molecular weight is 303 g/mol. The summed E-state index contributed by atoms with van der Waals surface area (Å²) >= 11 is 0. The minimum absolute atomic E-state index is 0.335. The number of likely N-dealkylation sites (tertiary alicyclic amines) is 1. The zero-order valence-corrected chi connectivity index (χ0v) is 14.0. The minimum atomic E-state index is 0.335. The molecule has 2 heterocycles. The highest BCUT2D eigenvalue weighted by Gasteiger charge is 2.39. The van der Waals surface area contributed by atoms with Gasteiger partial charge in [0.1, 0.15) is 0 Å². The van der Waals surface area contributed by atoms with E-state index in [-0.39, 0.29) is 0 Å². The van der Waals surface area contributed by atoms with Crippen LogP contribution in [0.15, 0.2) is 12.4 Å². The first-order valence-corrected chi connectivity index (χ1v) is 8.69. The topological polar surface area (TPSA) is 44.3 Å². The lowest BCUT2D eigenvalue weighted by Crippen LogP contribution is -2.53. The Balaban J connectivity index is 1.72. The molecule has 1 aromatic rings. The quantitative estimate of drug-likeness (QED) is 0.906. The number of hydrogen-bond acceptors (Lipinski definition) is 5. The maximum atomic E-state index is 4.50. The van der Waals surface area contributed by atoms with Gasteiger partial charge in [-0.05, 0) is 38.8 Å². The van der Waals surface area contributed by atoms with Crippen molar-refractivity contribution in [2.24, 2.45) is 0 Å². The Morgan fingerprint density at radius 1 is 1.05 bits per heavy atom. The molecule has 5 nitrogen and oxygen atoms in total. The maximum absolute atomic E-state index is 4.50. The fraction of sp³-hybridized carbons (Fsp3) is 0.765. The van der Waals surface area contributed by atoms with Crippen molar-refractivity contribution in [2.75, 3.05) is 43.9 Å². The third-order valence-corrected chi connectivity index (χ3v) is 5.25. The van der Waals surface area contributed by atoms with Gasteiger partial charge in [-0.2, -0.15) is 0 Å². The van der Waals surface area contributed by atoms with Gasteiger partial charge in [0.15, 0.2) is 11.6 Å². The number of piperidine rings is 1. The van der Waals surface area contributed by atoms with E-state index in [1.165, 1.54) is 58.0 Å². The van der Waals surface area contributed by atoms with Crippen molar-refractivity contribution in [3.63, 3.8) is 0 Å². The van der Waals surface area contributed by atoms with Crippen LogP contribution in [-0.2, 0) is 0 Å². The summed E-state index contributed by atoms with van der Waals surface area (Å²) in [6.07, 6.45) is 13.0. The zero-order chi connectivity index (χ0) is 15.4. The maximum Gasteiger partial charge on any atom is 0.171 e. The Labute approximate surface area is 134 Å². The summed E-state index contributed by atoms with van der Waals surface area (Å²) in [5, 5.41) is 3.62. The van der Waals surface area contributed by atoms with Gasteiger partial charge in [-0.25, -0.2) is 9.97 Å². The lowest BCUT2D eigenvalue weighted by atomic mass is 9.92. The van der Waals surface area contributed by atoms with E-state index in [1.807, 2.05) is 19.0 Å². The molecule has 1 aromatic heterocycles. The van der Waals surface area contributed by atoms with Gasteiger partial charge in [0.25, 0.3) is 0 Å². The summed E-state index contributed by atoms with van der Waals surface area (Å²) in [5.74, 6) is 1.84. The summed E-state index contributed by atoms with van der Waals surface area (Å²) in [6, 6.07) is 0. The van der Waals surface area contributed by atoms with Crippen molar-refractivity contribution in [3.8, 4) is 0 Å². The second-order valence-electron chi connectivity index (χ2n) is 6.96. The number of anilines is 2. The van der Waals surface area contributed by atoms with Crippen LogP contribution >= 0.6 is 0 Å². The average Bonchev–Trinajstić information content (AvgIpc) is 3.04. The number of aromatic nitrogens is 2. The van der Waals surface area contributed by atoms with Crippen LogP contribution in [-0.4, -0.2) is 54.1 Å². The van der Waals surface area contributed by atoms with Crippen molar-refractivity contribution in [1.29, 1.82) is 0 Å². The van der Waals surface area contributed by atoms with Crippen LogP contribution < -0.4 is 10.2 Å². The monoisotopic (exact) mass is 303 g/mol. The highest BCUT2D eigenvalue weighted by atomic mass is 15.2. The number of nitrogens with zero attached hydrogens (tertiary/aromatic N) is 4. The van der Waals surface area contributed by atoms with Gasteiger partial charge in [0.2, 0.25) is 0 Å². The molecule has 2 fully saturated rings. The lowest BCUT2D eigenvalue weighted by molar-refractivity contribution is 0.0808. The smallest absolute Gasteiger partial charge is 0.171 e. The van der Waals surface area contributed by atoms with E-state index in [0.29, 0.717) is 5.54 Å². The molecule has 1 aliphatic heterocycles. The molecule has 22 heavy (non-hydrogen) atoms. The number of nitrogens with one attached hydrogen (secondary N) is 1. The van der Waals surface area contributed by atoms with Crippen molar-refractivity contribution < 1.29 is 0 Å². The molecule has 5 heteroatoms. The van der Waals surface area contributed by atoms with Crippen LogP contribution in [0, 0.1) is 0 Å². The van der Waals surface area contributed by atoms with Gasteiger partial charge in [-0.15, -0.1) is 0 Å². The van der Waals surface area contributed by atoms with E-state index in [2.05, 4.69) is 20.2 Å². The molecule has 0 unspecified atom stereocenters. The van der Waals surface area contributed by atoms with Crippen LogP contribution in [0.1, 0.15) is 44.9 Å². The first-order valence-electron chi connectivity index (χ1n) is 8.69. The third-order valence-electron chi connectivity index (χ3n) is 5.25. The molecule has 1 N–H and O–H groups in total. The van der Waals surface area contributed by atoms with Crippen LogP contribution in [0.4, 0.5) is 11.6 Å². The lowest BCUT2D eigenvalue weighted by Gasteiger charge is -2.44. The fourth-order valence-electron chi connectivity index (χ4n) is 4.04. The van der Waals surface area contributed by atoms with Crippen LogP contribution in [0.3, 0.4) is 0 Å². The minimum Gasteiger partial charge on any atom is -0.365 e. The van der Waals surface area contributed by atoms with Gasteiger partial charge in [0.05, 0.1) is 0 Å². The summed E-state index contributed by atoms with van der Waals surface area (Å²) in [4.78, 5) is 13.7. The van der Waals surface area contributed by atoms with Crippen LogP contribution in [0.2, 0.25) is 0 Å². The highest BCUT2D eigenvalue weighted by Crippen LogP contribution is 2.37. The number of hydrogen-bond donors (Lipinski definition) is 1. The molecule has 0 radical (unpaired) electrons. The van der Waals surface area contributed by atoms with Crippen molar-refractivity contribution in [3.05, 3.63) is 12.4 Å². The van der Waals surface area contributed by atoms with E-state index >= 15 is 0 Å². The van der Waals surface area contributed by atoms with Gasteiger partial charge in [-0.3, -0.25) is 4.90 Å². The molecular formula is C17H29N5. The third kappa shape index (κ3) is 3.19. The Bertz CT molecular complexity index is 476. The molecule has 0 spiro atoms. The normalized spacial score (nSPS) is 21.7. The summed E-state index contributed by atoms with van der Waals surface area (Å²) in [7, 11) is 4.04. The molecule has 0 bridgehead atoms. The molecule has 1 saturated heterocycles. The van der Waals surface area contributed by atoms with Crippen molar-refractivity contribution in [2.45, 2.75) is 50.5 Å². The molecule has 1 saturated carbocycles. The molecule has 2 aliphatic rings. The van der Waals surface area contributed by atoms with Gasteiger partial charge in [0, 0.05) is 38.6 Å². The second-order valence-corrected chi connectivity index (χ2v) is 6.96. The molecule has 0 atom stereocenters. The fourth-order valence-corrected chi connectivity index (χ4v) is 4.04. The SMILES string of the molecule is CN(C)c1nccnc1NCC1(N2CCCCC2)CCCC1. The molecule has 122 valence electrons. The largest absolute Gasteiger partial charge is 0.365 e. The Morgan fingerprint density at radius 3 is 2.41 bits per heavy atom. The summed E-state index contributed by atoms with van der Waals surface area (Å²) in [5.41, 5.74) is 0.335. The predicted molar refractivity (Wildman–Crippen MR) is 91.5 cm³/mol. The first-order chi connectivity index (χ1) is 10.7. The predicted octanol–water partition coefficient (Wildman–Crippen LogP) is 2.75. The summed E-state index contributed by atoms with van der Waals surface area (Å²) in [6.45, 7) is 3.53. The van der Waals surface area contributed by atoms with E-state index in [4.69, 9.17) is 0 Å². The molecule has 3 rings (SSSR count). The van der Waals surface area contributed by atoms with E-state index in [9.17, 15) is 0 Å². The van der Waals surface area contributed by atoms with Gasteiger partial charge < -0.3 is 10.2 Å². The number of rotatable bonds is 5. The molecule has 1 aliphatic carbocycles. The molecular weight excluding hydrogens is 274 g/mol. The van der Waals surface area contributed by atoms with Gasteiger partial charge >= 0.3 is 0 Å². The highest BCUT2D eigenvalue weighted by molar-refractivity contribution is 5.59. The standard InChI is InChI=1S/C17H29N5/c1-21(2)16-15(18-10-11-19-16)20-14-17(8-4-5-9-17)22-12-6-3-7-13-22/h10-11H,3-9,12-14H2,1-2H3,(H,18,20). The van der Waals surface area contributed by atoms with Crippen LogP contribution in [0.25, 0.3) is 0 Å². The van der Waals surface area contributed by atoms with E-state index in [0.717, 1.165) is 18.2 Å². The Kier molecular flexibility index (Phi) is 4.81. The second kappa shape index (κ2) is 6.82. The van der Waals surface area contributed by atoms with Crippen molar-refractivity contribution in [1.82, 2.24) is 14.9 Å². The molecule has 0 aromatic carbocycles. The summed E-state index contributed by atoms with van der Waals surface area (Å²) < 4.78 is 0. The zero-order valence-electron chi connectivity index (χ0n) is 14.0. The van der Waals surface area contributed by atoms with Gasteiger partial charge in [-0.1, -0.05) is 19.3 Å². The molecule has 0 amide bonds. The van der Waals surface area contributed by atoms with E-state index < -0.39 is 0 Å². The Hall–Kier alpha value is -1.36. The van der Waals surface area contributed by atoms with E-state index in [1.54, 1.807) is 12.4 Å².